The number of carbonyl (C=O) groups is 1. The summed E-state index contributed by atoms with van der Waals surface area (Å²) in [6.07, 6.45) is 2.15. The van der Waals surface area contributed by atoms with E-state index in [4.69, 9.17) is 16.3 Å². The number of hydrogen-bond donors (Lipinski definition) is 2. The summed E-state index contributed by atoms with van der Waals surface area (Å²) < 4.78 is 32.5. The lowest BCUT2D eigenvalue weighted by Crippen LogP contribution is -2.47. The fourth-order valence-electron chi connectivity index (χ4n) is 4.83. The van der Waals surface area contributed by atoms with Crippen molar-refractivity contribution < 1.29 is 17.9 Å². The van der Waals surface area contributed by atoms with Gasteiger partial charge in [-0.3, -0.25) is 9.69 Å². The molecule has 3 heterocycles. The molecular formula is C22H24ClN3O4S. The third kappa shape index (κ3) is 3.71. The Bertz CT molecular complexity index is 1140. The number of nitrogens with one attached hydrogen (secondary N) is 2. The summed E-state index contributed by atoms with van der Waals surface area (Å²) in [6.45, 7) is 3.27. The van der Waals surface area contributed by atoms with Gasteiger partial charge in [0.05, 0.1) is 10.3 Å². The highest BCUT2D eigenvalue weighted by Crippen LogP contribution is 2.45. The number of carbonyl (C=O) groups excluding carboxylic acids is 1. The third-order valence-electron chi connectivity index (χ3n) is 6.57. The van der Waals surface area contributed by atoms with Crippen molar-refractivity contribution in [3.8, 4) is 5.75 Å². The van der Waals surface area contributed by atoms with Gasteiger partial charge in [0.25, 0.3) is 0 Å². The van der Waals surface area contributed by atoms with E-state index in [2.05, 4.69) is 14.9 Å². The van der Waals surface area contributed by atoms with Crippen molar-refractivity contribution in [2.45, 2.75) is 29.6 Å². The molecule has 1 amide bonds. The van der Waals surface area contributed by atoms with Gasteiger partial charge in [0.1, 0.15) is 12.4 Å². The molecule has 7 nitrogen and oxygen atoms in total. The fourth-order valence-corrected chi connectivity index (χ4v) is 6.29. The number of halogens is 1. The molecule has 2 N–H and O–H groups in total. The molecule has 1 spiro atoms. The molecule has 0 aromatic heterocycles. The second-order valence-electron chi connectivity index (χ2n) is 8.33. The molecule has 0 bridgehead atoms. The van der Waals surface area contributed by atoms with Crippen LogP contribution in [-0.4, -0.2) is 52.0 Å². The summed E-state index contributed by atoms with van der Waals surface area (Å²) in [7, 11) is -3.39. The predicted molar refractivity (Wildman–Crippen MR) is 118 cm³/mol. The lowest BCUT2D eigenvalue weighted by Gasteiger charge is -2.38. The smallest absolute Gasteiger partial charge is 0.240 e. The zero-order chi connectivity index (χ0) is 21.6. The summed E-state index contributed by atoms with van der Waals surface area (Å²) in [5, 5.41) is 3.66. The van der Waals surface area contributed by atoms with Crippen LogP contribution < -0.4 is 14.8 Å². The summed E-state index contributed by atoms with van der Waals surface area (Å²) in [5.74, 6) is 0.752. The molecule has 1 fully saturated rings. The number of benzene rings is 2. The van der Waals surface area contributed by atoms with Crippen molar-refractivity contribution in [3.05, 3.63) is 52.5 Å². The number of nitrogens with zero attached hydrogens (tertiary/aromatic N) is 1. The maximum Gasteiger partial charge on any atom is 0.240 e. The van der Waals surface area contributed by atoms with E-state index in [1.165, 1.54) is 0 Å². The van der Waals surface area contributed by atoms with Crippen LogP contribution >= 0.6 is 11.6 Å². The number of likely N-dealkylation sites (tertiary alicyclic amines) is 1. The van der Waals surface area contributed by atoms with Gasteiger partial charge in [0, 0.05) is 23.8 Å². The van der Waals surface area contributed by atoms with Gasteiger partial charge >= 0.3 is 0 Å². The number of amides is 1. The first-order chi connectivity index (χ1) is 14.9. The Morgan fingerprint density at radius 3 is 2.74 bits per heavy atom. The number of ether oxygens (including phenoxy) is 1. The molecule has 0 radical (unpaired) electrons. The Labute approximate surface area is 186 Å². The maximum absolute atomic E-state index is 12.7. The summed E-state index contributed by atoms with van der Waals surface area (Å²) in [5.41, 5.74) is 2.19. The normalized spacial score (nSPS) is 21.4. The van der Waals surface area contributed by atoms with Gasteiger partial charge in [-0.25, -0.2) is 13.1 Å². The van der Waals surface area contributed by atoms with Crippen LogP contribution in [-0.2, 0) is 26.7 Å². The van der Waals surface area contributed by atoms with Crippen molar-refractivity contribution in [2.24, 2.45) is 0 Å². The number of hydrogen-bond acceptors (Lipinski definition) is 5. The molecule has 5 rings (SSSR count). The second-order valence-corrected chi connectivity index (χ2v) is 10.5. The van der Waals surface area contributed by atoms with Crippen molar-refractivity contribution in [3.63, 3.8) is 0 Å². The second kappa shape index (κ2) is 7.78. The van der Waals surface area contributed by atoms with E-state index in [9.17, 15) is 13.2 Å². The highest BCUT2D eigenvalue weighted by atomic mass is 35.5. The number of fused-ring (bicyclic) bond motifs is 3. The zero-order valence-electron chi connectivity index (χ0n) is 17.0. The molecule has 0 unspecified atom stereocenters. The van der Waals surface area contributed by atoms with Crippen LogP contribution in [0.1, 0.15) is 24.0 Å². The first-order valence-corrected chi connectivity index (χ1v) is 12.3. The van der Waals surface area contributed by atoms with E-state index in [1.54, 1.807) is 18.2 Å². The Morgan fingerprint density at radius 1 is 1.13 bits per heavy atom. The van der Waals surface area contributed by atoms with E-state index in [0.29, 0.717) is 35.2 Å². The maximum atomic E-state index is 12.7. The fraction of sp³-hybridized carbons (Fsp3) is 0.409. The summed E-state index contributed by atoms with van der Waals surface area (Å²) >= 11 is 6.19. The van der Waals surface area contributed by atoms with E-state index in [1.807, 2.05) is 18.2 Å². The van der Waals surface area contributed by atoms with Gasteiger partial charge in [0.2, 0.25) is 15.9 Å². The van der Waals surface area contributed by atoms with Gasteiger partial charge in [-0.15, -0.1) is 0 Å². The first-order valence-electron chi connectivity index (χ1n) is 10.5. The molecule has 0 aliphatic carbocycles. The van der Waals surface area contributed by atoms with Crippen LogP contribution in [0.3, 0.4) is 0 Å². The van der Waals surface area contributed by atoms with Gasteiger partial charge in [0.15, 0.2) is 0 Å². The van der Waals surface area contributed by atoms with Crippen molar-refractivity contribution in [1.82, 2.24) is 9.62 Å². The minimum absolute atomic E-state index is 0.0687. The quantitative estimate of drug-likeness (QED) is 0.730. The topological polar surface area (TPSA) is 87.7 Å². The van der Waals surface area contributed by atoms with Gasteiger partial charge in [-0.2, -0.15) is 0 Å². The Hall–Kier alpha value is -2.13. The largest absolute Gasteiger partial charge is 0.492 e. The van der Waals surface area contributed by atoms with Crippen molar-refractivity contribution in [2.75, 3.05) is 38.1 Å². The molecule has 0 saturated carbocycles. The van der Waals surface area contributed by atoms with Gasteiger partial charge in [-0.1, -0.05) is 11.6 Å². The molecule has 3 aliphatic rings. The third-order valence-corrected chi connectivity index (χ3v) is 8.37. The minimum Gasteiger partial charge on any atom is -0.492 e. The van der Waals surface area contributed by atoms with E-state index in [-0.39, 0.29) is 5.91 Å². The van der Waals surface area contributed by atoms with Crippen LogP contribution in [0.5, 0.6) is 5.75 Å². The molecule has 3 aliphatic heterocycles. The molecule has 2 aromatic carbocycles. The SMILES string of the molecule is O=C1Nc2ccc(Cl)cc2C12CCN(CCOc1ccc3c(c1)CCNS3(=O)=O)CC2. The average molecular weight is 462 g/mol. The molecule has 9 heteroatoms. The lowest BCUT2D eigenvalue weighted by molar-refractivity contribution is -0.122. The van der Waals surface area contributed by atoms with Crippen LogP contribution in [0.2, 0.25) is 5.02 Å². The van der Waals surface area contributed by atoms with Gasteiger partial charge < -0.3 is 10.1 Å². The monoisotopic (exact) mass is 461 g/mol. The number of piperidine rings is 1. The standard InChI is InChI=1S/C22H24ClN3O4S/c23-16-1-3-19-18(14-16)22(21(27)25-19)6-9-26(10-7-22)11-12-30-17-2-4-20-15(13-17)5-8-24-31(20,28)29/h1-4,13-14,24H,5-12H2,(H,25,27). The van der Waals surface area contributed by atoms with E-state index < -0.39 is 15.4 Å². The Kier molecular flexibility index (Phi) is 5.21. The number of sulfonamides is 1. The summed E-state index contributed by atoms with van der Waals surface area (Å²) in [4.78, 5) is 15.4. The van der Waals surface area contributed by atoms with Crippen LogP contribution in [0, 0.1) is 0 Å². The Morgan fingerprint density at radius 2 is 1.94 bits per heavy atom. The molecule has 0 atom stereocenters. The number of rotatable bonds is 4. The highest BCUT2D eigenvalue weighted by molar-refractivity contribution is 7.89. The number of anilines is 1. The average Bonchev–Trinajstić information content (AvgIpc) is 3.00. The van der Waals surface area contributed by atoms with Crippen LogP contribution in [0.4, 0.5) is 5.69 Å². The van der Waals surface area contributed by atoms with E-state index in [0.717, 1.165) is 49.3 Å². The predicted octanol–water partition coefficient (Wildman–Crippen LogP) is 2.54. The molecular weight excluding hydrogens is 438 g/mol. The molecule has 31 heavy (non-hydrogen) atoms. The van der Waals surface area contributed by atoms with Gasteiger partial charge in [-0.05, 0) is 79.9 Å². The minimum atomic E-state index is -3.39. The molecule has 2 aromatic rings. The molecule has 1 saturated heterocycles. The van der Waals surface area contributed by atoms with Crippen molar-refractivity contribution in [1.29, 1.82) is 0 Å². The summed E-state index contributed by atoms with van der Waals surface area (Å²) in [6, 6.07) is 10.7. The van der Waals surface area contributed by atoms with Crippen LogP contribution in [0.25, 0.3) is 0 Å². The van der Waals surface area contributed by atoms with Crippen LogP contribution in [0.15, 0.2) is 41.3 Å². The lowest BCUT2D eigenvalue weighted by atomic mass is 9.73. The van der Waals surface area contributed by atoms with Crippen molar-refractivity contribution >= 4 is 33.2 Å². The zero-order valence-corrected chi connectivity index (χ0v) is 18.6. The first kappa shape index (κ1) is 20.8. The molecule has 164 valence electrons. The highest BCUT2D eigenvalue weighted by Gasteiger charge is 2.48. The Balaban J connectivity index is 1.18. The van der Waals surface area contributed by atoms with E-state index >= 15 is 0 Å².